The molecule has 0 bridgehead atoms. The Morgan fingerprint density at radius 1 is 1.00 bits per heavy atom. The molecule has 0 aliphatic rings. The SMILES string of the molecule is FC(F)(F)CC(Nc1ccc(Cl)cc1Cl)c1ccccc1. The van der Waals surface area contributed by atoms with Gasteiger partial charge in [0.1, 0.15) is 0 Å². The third-order valence-corrected chi connectivity index (χ3v) is 3.45. The number of halogens is 5. The molecule has 2 aromatic rings. The van der Waals surface area contributed by atoms with E-state index < -0.39 is 18.6 Å². The molecule has 0 saturated heterocycles. The summed E-state index contributed by atoms with van der Waals surface area (Å²) >= 11 is 11.8. The van der Waals surface area contributed by atoms with Gasteiger partial charge in [0.2, 0.25) is 0 Å². The summed E-state index contributed by atoms with van der Waals surface area (Å²) in [6.07, 6.45) is -5.28. The first-order valence-corrected chi connectivity index (χ1v) is 6.94. The van der Waals surface area contributed by atoms with Crippen LogP contribution in [0, 0.1) is 0 Å². The zero-order valence-corrected chi connectivity index (χ0v) is 12.3. The maximum atomic E-state index is 12.8. The van der Waals surface area contributed by atoms with Gasteiger partial charge in [0.05, 0.1) is 23.2 Å². The number of hydrogen-bond donors (Lipinski definition) is 1. The average molecular weight is 334 g/mol. The van der Waals surface area contributed by atoms with E-state index in [2.05, 4.69) is 5.32 Å². The van der Waals surface area contributed by atoms with Crippen LogP contribution in [0.3, 0.4) is 0 Å². The summed E-state index contributed by atoms with van der Waals surface area (Å²) < 4.78 is 38.3. The van der Waals surface area contributed by atoms with Crippen molar-refractivity contribution in [2.45, 2.75) is 18.6 Å². The Labute approximate surface area is 130 Å². The molecule has 1 unspecified atom stereocenters. The van der Waals surface area contributed by atoms with Gasteiger partial charge in [-0.2, -0.15) is 13.2 Å². The topological polar surface area (TPSA) is 12.0 Å². The molecular formula is C15H12Cl2F3N. The summed E-state index contributed by atoms with van der Waals surface area (Å²) in [7, 11) is 0. The van der Waals surface area contributed by atoms with Gasteiger partial charge in [-0.1, -0.05) is 53.5 Å². The molecule has 0 saturated carbocycles. The van der Waals surface area contributed by atoms with E-state index in [0.29, 0.717) is 16.3 Å². The molecule has 0 aromatic heterocycles. The average Bonchev–Trinajstić information content (AvgIpc) is 2.40. The van der Waals surface area contributed by atoms with Gasteiger partial charge in [0.15, 0.2) is 0 Å². The van der Waals surface area contributed by atoms with Crippen molar-refractivity contribution in [3.05, 3.63) is 64.1 Å². The summed E-state index contributed by atoms with van der Waals surface area (Å²) in [5.41, 5.74) is 0.958. The first-order valence-electron chi connectivity index (χ1n) is 6.18. The Kier molecular flexibility index (Phi) is 5.01. The van der Waals surface area contributed by atoms with Crippen molar-refractivity contribution in [2.24, 2.45) is 0 Å². The molecule has 0 aliphatic carbocycles. The van der Waals surface area contributed by atoms with Crippen LogP contribution in [0.5, 0.6) is 0 Å². The first-order chi connectivity index (χ1) is 9.85. The predicted molar refractivity (Wildman–Crippen MR) is 79.9 cm³/mol. The molecule has 21 heavy (non-hydrogen) atoms. The minimum Gasteiger partial charge on any atom is -0.377 e. The van der Waals surface area contributed by atoms with E-state index in [9.17, 15) is 13.2 Å². The largest absolute Gasteiger partial charge is 0.391 e. The molecule has 1 N–H and O–H groups in total. The number of rotatable bonds is 4. The van der Waals surface area contributed by atoms with Gasteiger partial charge < -0.3 is 5.32 Å². The maximum absolute atomic E-state index is 12.8. The van der Waals surface area contributed by atoms with Gasteiger partial charge in [-0.15, -0.1) is 0 Å². The fraction of sp³-hybridized carbons (Fsp3) is 0.200. The first kappa shape index (κ1) is 16.0. The summed E-state index contributed by atoms with van der Waals surface area (Å²) in [6.45, 7) is 0. The van der Waals surface area contributed by atoms with E-state index in [-0.39, 0.29) is 5.02 Å². The van der Waals surface area contributed by atoms with Crippen LogP contribution in [0.2, 0.25) is 10.0 Å². The molecule has 0 spiro atoms. The van der Waals surface area contributed by atoms with Crippen LogP contribution in [-0.2, 0) is 0 Å². The summed E-state index contributed by atoms with van der Waals surface area (Å²) in [5.74, 6) is 0. The molecule has 112 valence electrons. The van der Waals surface area contributed by atoms with E-state index >= 15 is 0 Å². The Morgan fingerprint density at radius 3 is 2.24 bits per heavy atom. The third kappa shape index (κ3) is 4.83. The van der Waals surface area contributed by atoms with Gasteiger partial charge in [0, 0.05) is 5.02 Å². The van der Waals surface area contributed by atoms with E-state index in [1.807, 2.05) is 0 Å². The molecular weight excluding hydrogens is 322 g/mol. The lowest BCUT2D eigenvalue weighted by molar-refractivity contribution is -0.137. The fourth-order valence-corrected chi connectivity index (χ4v) is 2.43. The van der Waals surface area contributed by atoms with Gasteiger partial charge in [-0.05, 0) is 23.8 Å². The predicted octanol–water partition coefficient (Wildman–Crippen LogP) is 6.10. The highest BCUT2D eigenvalue weighted by Gasteiger charge is 2.32. The van der Waals surface area contributed by atoms with Gasteiger partial charge in [0.25, 0.3) is 0 Å². The molecule has 6 heteroatoms. The lowest BCUT2D eigenvalue weighted by Crippen LogP contribution is -2.20. The highest BCUT2D eigenvalue weighted by molar-refractivity contribution is 6.36. The molecule has 2 rings (SSSR count). The monoisotopic (exact) mass is 333 g/mol. The van der Waals surface area contributed by atoms with E-state index in [4.69, 9.17) is 23.2 Å². The smallest absolute Gasteiger partial charge is 0.377 e. The summed E-state index contributed by atoms with van der Waals surface area (Å²) in [4.78, 5) is 0. The van der Waals surface area contributed by atoms with E-state index in [1.165, 1.54) is 6.07 Å². The van der Waals surface area contributed by atoms with Crippen molar-refractivity contribution in [3.8, 4) is 0 Å². The number of benzene rings is 2. The Morgan fingerprint density at radius 2 is 1.67 bits per heavy atom. The second kappa shape index (κ2) is 6.58. The number of alkyl halides is 3. The zero-order valence-electron chi connectivity index (χ0n) is 10.8. The lowest BCUT2D eigenvalue weighted by Gasteiger charge is -2.22. The Hall–Kier alpha value is -1.39. The van der Waals surface area contributed by atoms with Crippen molar-refractivity contribution in [2.75, 3.05) is 5.32 Å². The number of nitrogens with one attached hydrogen (secondary N) is 1. The quantitative estimate of drug-likeness (QED) is 0.712. The molecule has 0 aliphatic heterocycles. The highest BCUT2D eigenvalue weighted by atomic mass is 35.5. The van der Waals surface area contributed by atoms with Crippen molar-refractivity contribution in [1.82, 2.24) is 0 Å². The molecule has 1 nitrogen and oxygen atoms in total. The Bertz CT molecular complexity index is 600. The second-order valence-electron chi connectivity index (χ2n) is 4.55. The van der Waals surface area contributed by atoms with Crippen molar-refractivity contribution < 1.29 is 13.2 Å². The third-order valence-electron chi connectivity index (χ3n) is 2.90. The summed E-state index contributed by atoms with van der Waals surface area (Å²) in [5, 5.41) is 3.55. The molecule has 0 fully saturated rings. The second-order valence-corrected chi connectivity index (χ2v) is 5.39. The highest BCUT2D eigenvalue weighted by Crippen LogP contribution is 2.34. The molecule has 1 atom stereocenters. The summed E-state index contributed by atoms with van der Waals surface area (Å²) in [6, 6.07) is 12.2. The lowest BCUT2D eigenvalue weighted by atomic mass is 10.0. The molecule has 2 aromatic carbocycles. The van der Waals surface area contributed by atoms with Crippen LogP contribution < -0.4 is 5.32 Å². The van der Waals surface area contributed by atoms with Crippen LogP contribution in [0.25, 0.3) is 0 Å². The molecule has 0 radical (unpaired) electrons. The van der Waals surface area contributed by atoms with Crippen LogP contribution >= 0.6 is 23.2 Å². The fourth-order valence-electron chi connectivity index (χ4n) is 1.96. The van der Waals surface area contributed by atoms with Crippen LogP contribution in [0.1, 0.15) is 18.0 Å². The van der Waals surface area contributed by atoms with Gasteiger partial charge in [-0.3, -0.25) is 0 Å². The maximum Gasteiger partial charge on any atom is 0.391 e. The molecule has 0 heterocycles. The normalized spacial score (nSPS) is 13.0. The van der Waals surface area contributed by atoms with E-state index in [1.54, 1.807) is 42.5 Å². The van der Waals surface area contributed by atoms with Crippen LogP contribution in [0.15, 0.2) is 48.5 Å². The van der Waals surface area contributed by atoms with E-state index in [0.717, 1.165) is 0 Å². The number of hydrogen-bond acceptors (Lipinski definition) is 1. The Balaban J connectivity index is 2.28. The van der Waals surface area contributed by atoms with Crippen molar-refractivity contribution >= 4 is 28.9 Å². The van der Waals surface area contributed by atoms with Crippen molar-refractivity contribution in [3.63, 3.8) is 0 Å². The minimum absolute atomic E-state index is 0.283. The minimum atomic E-state index is -4.29. The standard InChI is InChI=1S/C15H12Cl2F3N/c16-11-6-7-13(12(17)8-11)21-14(9-15(18,19)20)10-4-2-1-3-5-10/h1-8,14,21H,9H2. The number of anilines is 1. The van der Waals surface area contributed by atoms with Crippen LogP contribution in [0.4, 0.5) is 18.9 Å². The molecule has 0 amide bonds. The van der Waals surface area contributed by atoms with Gasteiger partial charge >= 0.3 is 6.18 Å². The van der Waals surface area contributed by atoms with Crippen molar-refractivity contribution in [1.29, 1.82) is 0 Å². The van der Waals surface area contributed by atoms with Gasteiger partial charge in [-0.25, -0.2) is 0 Å². The zero-order chi connectivity index (χ0) is 15.5. The van der Waals surface area contributed by atoms with Crippen LogP contribution in [-0.4, -0.2) is 6.18 Å².